The van der Waals surface area contributed by atoms with Crippen molar-refractivity contribution >= 4 is 42.2 Å². The monoisotopic (exact) mass is 498 g/mol. The third-order valence-corrected chi connectivity index (χ3v) is 6.47. The van der Waals surface area contributed by atoms with E-state index in [1.165, 1.54) is 6.07 Å². The average molecular weight is 499 g/mol. The Kier molecular flexibility index (Phi) is 9.49. The number of ether oxygens (including phenoxy) is 1. The van der Waals surface area contributed by atoms with Gasteiger partial charge in [-0.05, 0) is 48.9 Å². The number of anilines is 2. The maximum Gasteiger partial charge on any atom is 0.256 e. The highest BCUT2D eigenvalue weighted by atomic mass is 35.5. The summed E-state index contributed by atoms with van der Waals surface area (Å²) < 4.78 is 21.0. The maximum absolute atomic E-state index is 14.5. The highest BCUT2D eigenvalue weighted by molar-refractivity contribution is 5.97. The fourth-order valence-electron chi connectivity index (χ4n) is 4.57. The van der Waals surface area contributed by atoms with Crippen LogP contribution in [0, 0.1) is 11.7 Å². The van der Waals surface area contributed by atoms with Gasteiger partial charge in [0.1, 0.15) is 17.7 Å². The fraction of sp³-hybridized carbons (Fsp3) is 0.500. The molecule has 1 aromatic carbocycles. The summed E-state index contributed by atoms with van der Waals surface area (Å²) in [6.07, 6.45) is 3.60. The first-order valence-corrected chi connectivity index (χ1v) is 11.0. The summed E-state index contributed by atoms with van der Waals surface area (Å²) in [7, 11) is 0. The molecule has 3 heterocycles. The van der Waals surface area contributed by atoms with Gasteiger partial charge in [-0.3, -0.25) is 4.79 Å². The first-order valence-electron chi connectivity index (χ1n) is 11.0. The Morgan fingerprint density at radius 2 is 1.88 bits per heavy atom. The Hall–Kier alpha value is -1.93. The number of likely N-dealkylation sites (tertiary alicyclic amines) is 1. The average Bonchev–Trinajstić information content (AvgIpc) is 2.76. The third kappa shape index (κ3) is 5.96. The topological polar surface area (TPSA) is 71.7 Å². The molecule has 33 heavy (non-hydrogen) atoms. The lowest BCUT2D eigenvalue weighted by Crippen LogP contribution is -2.63. The molecule has 0 saturated carbocycles. The SMILES string of the molecule is CC(C)C1OC2(CCN(CCc3cccnc3N)CC2)CN(c2ccccc2F)C1=O.Cl.Cl. The molecule has 0 aliphatic carbocycles. The van der Waals surface area contributed by atoms with Gasteiger partial charge in [0.25, 0.3) is 5.91 Å². The Balaban J connectivity index is 0.00000193. The molecule has 1 atom stereocenters. The van der Waals surface area contributed by atoms with Gasteiger partial charge in [-0.2, -0.15) is 0 Å². The van der Waals surface area contributed by atoms with E-state index in [0.29, 0.717) is 18.1 Å². The van der Waals surface area contributed by atoms with Gasteiger partial charge in [0, 0.05) is 25.8 Å². The zero-order valence-electron chi connectivity index (χ0n) is 19.1. The first-order chi connectivity index (χ1) is 14.9. The summed E-state index contributed by atoms with van der Waals surface area (Å²) in [6.45, 7) is 6.98. The highest BCUT2D eigenvalue weighted by Gasteiger charge is 2.48. The van der Waals surface area contributed by atoms with Crippen LogP contribution in [0.5, 0.6) is 0 Å². The van der Waals surface area contributed by atoms with Crippen LogP contribution in [0.15, 0.2) is 42.6 Å². The molecule has 2 aliphatic heterocycles. The number of pyridine rings is 1. The minimum atomic E-state index is -0.560. The van der Waals surface area contributed by atoms with Crippen molar-refractivity contribution in [3.63, 3.8) is 0 Å². The van der Waals surface area contributed by atoms with E-state index in [1.807, 2.05) is 26.0 Å². The number of hydrogen-bond donors (Lipinski definition) is 1. The summed E-state index contributed by atoms with van der Waals surface area (Å²) in [5.41, 5.74) is 6.93. The molecule has 6 nitrogen and oxygen atoms in total. The van der Waals surface area contributed by atoms with E-state index in [0.717, 1.165) is 44.5 Å². The molecule has 9 heteroatoms. The minimum Gasteiger partial charge on any atom is -0.383 e. The molecular weight excluding hydrogens is 466 g/mol. The second-order valence-corrected chi connectivity index (χ2v) is 8.98. The summed E-state index contributed by atoms with van der Waals surface area (Å²) >= 11 is 0. The van der Waals surface area contributed by atoms with Crippen LogP contribution in [0.4, 0.5) is 15.9 Å². The van der Waals surface area contributed by atoms with Crippen LogP contribution in [0.3, 0.4) is 0 Å². The Morgan fingerprint density at radius 1 is 1.18 bits per heavy atom. The van der Waals surface area contributed by atoms with Crippen LogP contribution in [0.1, 0.15) is 32.3 Å². The quantitative estimate of drug-likeness (QED) is 0.671. The normalized spacial score (nSPS) is 20.4. The molecule has 2 saturated heterocycles. The standard InChI is InChI=1S/C24H31FN4O2.2ClH/c1-17(2)21-23(30)29(20-8-4-3-7-19(20)25)16-24(31-21)10-14-28(15-11-24)13-9-18-6-5-12-27-22(18)26;;/h3-8,12,17,21H,9-11,13-16H2,1-2H3,(H2,26,27);2*1H. The van der Waals surface area contributed by atoms with Crippen LogP contribution in [0.2, 0.25) is 0 Å². The minimum absolute atomic E-state index is 0. The molecule has 2 fully saturated rings. The Bertz CT molecular complexity index is 938. The molecule has 4 rings (SSSR count). The third-order valence-electron chi connectivity index (χ3n) is 6.47. The van der Waals surface area contributed by atoms with Gasteiger partial charge in [0.05, 0.1) is 17.8 Å². The maximum atomic E-state index is 14.5. The van der Waals surface area contributed by atoms with Gasteiger partial charge in [0.15, 0.2) is 0 Å². The highest BCUT2D eigenvalue weighted by Crippen LogP contribution is 2.37. The van der Waals surface area contributed by atoms with Crippen molar-refractivity contribution < 1.29 is 13.9 Å². The number of halogens is 3. The predicted molar refractivity (Wildman–Crippen MR) is 134 cm³/mol. The van der Waals surface area contributed by atoms with E-state index in [1.54, 1.807) is 29.3 Å². The molecular formula is C24H33Cl2FN4O2. The zero-order valence-corrected chi connectivity index (χ0v) is 20.7. The van der Waals surface area contributed by atoms with Crippen molar-refractivity contribution in [3.8, 4) is 0 Å². The van der Waals surface area contributed by atoms with Crippen LogP contribution in [-0.2, 0) is 16.0 Å². The van der Waals surface area contributed by atoms with E-state index in [4.69, 9.17) is 10.5 Å². The van der Waals surface area contributed by atoms with Gasteiger partial charge in [-0.1, -0.05) is 32.0 Å². The molecule has 1 unspecified atom stereocenters. The molecule has 2 aromatic rings. The number of nitrogens with zero attached hydrogens (tertiary/aromatic N) is 3. The molecule has 0 bridgehead atoms. The van der Waals surface area contributed by atoms with Gasteiger partial charge in [-0.25, -0.2) is 9.37 Å². The lowest BCUT2D eigenvalue weighted by Gasteiger charge is -2.50. The molecule has 1 spiro atoms. The van der Waals surface area contributed by atoms with E-state index >= 15 is 0 Å². The zero-order chi connectivity index (χ0) is 22.0. The molecule has 2 N–H and O–H groups in total. The number of piperidine rings is 1. The number of nitrogens with two attached hydrogens (primary N) is 1. The molecule has 182 valence electrons. The number of carbonyl (C=O) groups is 1. The molecule has 1 aromatic heterocycles. The first kappa shape index (κ1) is 27.3. The second-order valence-electron chi connectivity index (χ2n) is 8.98. The van der Waals surface area contributed by atoms with E-state index in [-0.39, 0.29) is 42.5 Å². The van der Waals surface area contributed by atoms with Crippen molar-refractivity contribution in [2.45, 2.75) is 44.8 Å². The van der Waals surface area contributed by atoms with Crippen LogP contribution >= 0.6 is 24.8 Å². The van der Waals surface area contributed by atoms with E-state index < -0.39 is 11.7 Å². The van der Waals surface area contributed by atoms with Gasteiger partial charge >= 0.3 is 0 Å². The number of morpholine rings is 1. The number of carbonyl (C=O) groups excluding carboxylic acids is 1. The van der Waals surface area contributed by atoms with Crippen molar-refractivity contribution in [2.24, 2.45) is 5.92 Å². The van der Waals surface area contributed by atoms with E-state index in [9.17, 15) is 9.18 Å². The van der Waals surface area contributed by atoms with Crippen LogP contribution < -0.4 is 10.6 Å². The van der Waals surface area contributed by atoms with Crippen LogP contribution in [-0.4, -0.2) is 53.7 Å². The Labute approximate surface area is 207 Å². The van der Waals surface area contributed by atoms with Gasteiger partial charge in [0.2, 0.25) is 0 Å². The lowest BCUT2D eigenvalue weighted by molar-refractivity contribution is -0.171. The smallest absolute Gasteiger partial charge is 0.256 e. The van der Waals surface area contributed by atoms with Crippen molar-refractivity contribution in [1.82, 2.24) is 9.88 Å². The number of para-hydroxylation sites is 1. The number of benzene rings is 1. The Morgan fingerprint density at radius 3 is 2.52 bits per heavy atom. The fourth-order valence-corrected chi connectivity index (χ4v) is 4.57. The summed E-state index contributed by atoms with van der Waals surface area (Å²) in [5.74, 6) is 0.0815. The number of amides is 1. The number of rotatable bonds is 5. The number of aromatic nitrogens is 1. The van der Waals surface area contributed by atoms with Gasteiger partial charge in [-0.15, -0.1) is 24.8 Å². The number of hydrogen-bond acceptors (Lipinski definition) is 5. The van der Waals surface area contributed by atoms with Crippen molar-refractivity contribution in [3.05, 3.63) is 54.0 Å². The second kappa shape index (κ2) is 11.5. The van der Waals surface area contributed by atoms with Crippen molar-refractivity contribution in [1.29, 1.82) is 0 Å². The largest absolute Gasteiger partial charge is 0.383 e. The summed E-state index contributed by atoms with van der Waals surface area (Å²) in [6, 6.07) is 10.4. The lowest BCUT2D eigenvalue weighted by atomic mass is 9.86. The van der Waals surface area contributed by atoms with Crippen LogP contribution in [0.25, 0.3) is 0 Å². The predicted octanol–water partition coefficient (Wildman–Crippen LogP) is 4.11. The molecule has 2 aliphatic rings. The summed E-state index contributed by atoms with van der Waals surface area (Å²) in [5, 5.41) is 0. The molecule has 0 radical (unpaired) electrons. The summed E-state index contributed by atoms with van der Waals surface area (Å²) in [4.78, 5) is 21.3. The van der Waals surface area contributed by atoms with Crippen molar-refractivity contribution in [2.75, 3.05) is 36.8 Å². The van der Waals surface area contributed by atoms with E-state index in [2.05, 4.69) is 9.88 Å². The molecule has 1 amide bonds. The van der Waals surface area contributed by atoms with Gasteiger partial charge < -0.3 is 20.3 Å². The number of nitrogen functional groups attached to an aromatic ring is 1.